The summed E-state index contributed by atoms with van der Waals surface area (Å²) in [4.78, 5) is 12.7. The van der Waals surface area contributed by atoms with E-state index in [9.17, 15) is 13.9 Å². The summed E-state index contributed by atoms with van der Waals surface area (Å²) in [5.74, 6) is -0.237. The van der Waals surface area contributed by atoms with Gasteiger partial charge in [0.15, 0.2) is 0 Å². The maximum atomic E-state index is 12.3. The van der Waals surface area contributed by atoms with E-state index in [4.69, 9.17) is 9.47 Å². The second-order valence-corrected chi connectivity index (χ2v) is 6.91. The topological polar surface area (TPSA) is 76.0 Å². The van der Waals surface area contributed by atoms with Crippen molar-refractivity contribution in [1.29, 1.82) is 0 Å². The van der Waals surface area contributed by atoms with Crippen LogP contribution in [0.5, 0.6) is 5.75 Å². The van der Waals surface area contributed by atoms with Crippen LogP contribution in [-0.2, 0) is 11.3 Å². The van der Waals surface area contributed by atoms with E-state index >= 15 is 0 Å². The number of hydrogen-bond donors (Lipinski definition) is 2. The minimum atomic E-state index is -2.95. The Balaban J connectivity index is 1.86. The minimum absolute atomic E-state index is 0.158. The van der Waals surface area contributed by atoms with Gasteiger partial charge in [-0.1, -0.05) is 30.3 Å². The van der Waals surface area contributed by atoms with Crippen LogP contribution >= 0.6 is 10.6 Å². The summed E-state index contributed by atoms with van der Waals surface area (Å²) in [5, 5.41) is 1.32. The summed E-state index contributed by atoms with van der Waals surface area (Å²) in [6.45, 7) is 0.158. The van der Waals surface area contributed by atoms with Gasteiger partial charge in [-0.05, 0) is 23.8 Å². The summed E-state index contributed by atoms with van der Waals surface area (Å²) in [5.41, 5.74) is 1.64. The van der Waals surface area contributed by atoms with Gasteiger partial charge < -0.3 is 9.47 Å². The van der Waals surface area contributed by atoms with E-state index in [2.05, 4.69) is 0 Å². The van der Waals surface area contributed by atoms with Crippen LogP contribution in [0.15, 0.2) is 52.8 Å². The summed E-state index contributed by atoms with van der Waals surface area (Å²) in [7, 11) is -1.52. The Morgan fingerprint density at radius 2 is 1.87 bits per heavy atom. The highest BCUT2D eigenvalue weighted by Gasteiger charge is 2.28. The van der Waals surface area contributed by atoms with Gasteiger partial charge in [-0.15, -0.1) is 10.6 Å². The fourth-order valence-corrected chi connectivity index (χ4v) is 3.64. The number of hydrogen-bond acceptors (Lipinski definition) is 5. The number of esters is 1. The maximum absolute atomic E-state index is 12.3. The molecule has 120 valence electrons. The number of carbonyl (C=O) groups is 1. The van der Waals surface area contributed by atoms with Crippen LogP contribution in [0.1, 0.15) is 21.5 Å². The van der Waals surface area contributed by atoms with E-state index in [0.717, 1.165) is 5.56 Å². The molecule has 6 heteroatoms. The zero-order valence-electron chi connectivity index (χ0n) is 12.4. The molecule has 0 amide bonds. The van der Waals surface area contributed by atoms with Gasteiger partial charge in [-0.3, -0.25) is 9.11 Å². The van der Waals surface area contributed by atoms with Crippen LogP contribution in [0, 0.1) is 0 Å². The molecule has 5 nitrogen and oxygen atoms in total. The highest BCUT2D eigenvalue weighted by molar-refractivity contribution is 8.27. The Kier molecular flexibility index (Phi) is 4.12. The van der Waals surface area contributed by atoms with Gasteiger partial charge in [-0.25, -0.2) is 4.79 Å². The second kappa shape index (κ2) is 6.08. The van der Waals surface area contributed by atoms with E-state index in [1.54, 1.807) is 6.08 Å². The SMILES string of the molecule is COc1c(C(=O)OCc2ccccc2)ccc2c1C=CS2(O)O. The molecule has 3 rings (SSSR count). The maximum Gasteiger partial charge on any atom is 0.342 e. The first kappa shape index (κ1) is 15.6. The van der Waals surface area contributed by atoms with Crippen LogP contribution in [0.25, 0.3) is 6.08 Å². The normalized spacial score (nSPS) is 15.8. The van der Waals surface area contributed by atoms with Gasteiger partial charge in [-0.2, -0.15) is 0 Å². The first-order valence-corrected chi connectivity index (χ1v) is 8.52. The average Bonchev–Trinajstić information content (AvgIpc) is 2.88. The van der Waals surface area contributed by atoms with Crippen molar-refractivity contribution in [1.82, 2.24) is 0 Å². The van der Waals surface area contributed by atoms with Crippen LogP contribution < -0.4 is 4.74 Å². The van der Waals surface area contributed by atoms with Crippen molar-refractivity contribution >= 4 is 22.6 Å². The number of benzene rings is 2. The third-order valence-electron chi connectivity index (χ3n) is 3.54. The fourth-order valence-electron chi connectivity index (χ4n) is 2.42. The molecule has 0 saturated heterocycles. The van der Waals surface area contributed by atoms with Gasteiger partial charge in [0.1, 0.15) is 17.9 Å². The van der Waals surface area contributed by atoms with Crippen molar-refractivity contribution < 1.29 is 23.4 Å². The van der Waals surface area contributed by atoms with Crippen molar-refractivity contribution in [3.05, 3.63) is 64.6 Å². The first-order valence-electron chi connectivity index (χ1n) is 6.91. The molecule has 0 atom stereocenters. The molecule has 1 aliphatic heterocycles. The average molecular weight is 332 g/mol. The van der Waals surface area contributed by atoms with Crippen LogP contribution in [0.4, 0.5) is 0 Å². The van der Waals surface area contributed by atoms with Gasteiger partial charge in [0.25, 0.3) is 0 Å². The van der Waals surface area contributed by atoms with Crippen molar-refractivity contribution in [3.8, 4) is 5.75 Å². The third-order valence-corrected chi connectivity index (χ3v) is 5.06. The molecule has 2 aromatic carbocycles. The summed E-state index contributed by atoms with van der Waals surface area (Å²) < 4.78 is 30.5. The molecule has 0 saturated carbocycles. The summed E-state index contributed by atoms with van der Waals surface area (Å²) in [6, 6.07) is 12.4. The van der Waals surface area contributed by atoms with Crippen molar-refractivity contribution in [3.63, 3.8) is 0 Å². The smallest absolute Gasteiger partial charge is 0.342 e. The molecule has 0 aliphatic carbocycles. The molecule has 0 spiro atoms. The summed E-state index contributed by atoms with van der Waals surface area (Å²) in [6.07, 6.45) is 1.55. The Morgan fingerprint density at radius 3 is 2.57 bits per heavy atom. The van der Waals surface area contributed by atoms with Crippen molar-refractivity contribution in [2.75, 3.05) is 7.11 Å². The largest absolute Gasteiger partial charge is 0.495 e. The highest BCUT2D eigenvalue weighted by atomic mass is 32.3. The van der Waals surface area contributed by atoms with Crippen molar-refractivity contribution in [2.45, 2.75) is 11.5 Å². The molecule has 23 heavy (non-hydrogen) atoms. The first-order chi connectivity index (χ1) is 11.0. The lowest BCUT2D eigenvalue weighted by molar-refractivity contribution is 0.0469. The van der Waals surface area contributed by atoms with Crippen LogP contribution in [-0.4, -0.2) is 22.2 Å². The molecule has 0 bridgehead atoms. The number of fused-ring (bicyclic) bond motifs is 1. The predicted octanol–water partition coefficient (Wildman–Crippen LogP) is 4.15. The zero-order valence-corrected chi connectivity index (χ0v) is 13.2. The van der Waals surface area contributed by atoms with Crippen LogP contribution in [0.3, 0.4) is 0 Å². The third kappa shape index (κ3) is 2.96. The number of methoxy groups -OCH3 is 1. The molecule has 0 unspecified atom stereocenters. The molecule has 1 heterocycles. The highest BCUT2D eigenvalue weighted by Crippen LogP contribution is 2.58. The lowest BCUT2D eigenvalue weighted by atomic mass is 10.1. The molecule has 1 aliphatic rings. The Bertz CT molecular complexity index is 768. The second-order valence-electron chi connectivity index (χ2n) is 5.02. The molecule has 0 aromatic heterocycles. The van der Waals surface area contributed by atoms with Gasteiger partial charge >= 0.3 is 5.97 Å². The Morgan fingerprint density at radius 1 is 1.13 bits per heavy atom. The molecule has 0 radical (unpaired) electrons. The molecule has 2 aromatic rings. The van der Waals surface area contributed by atoms with E-state index < -0.39 is 16.6 Å². The van der Waals surface area contributed by atoms with E-state index in [-0.39, 0.29) is 17.9 Å². The fraction of sp³-hybridized carbons (Fsp3) is 0.118. The zero-order chi connectivity index (χ0) is 16.4. The minimum Gasteiger partial charge on any atom is -0.495 e. The Hall–Kier alpha value is -2.28. The van der Waals surface area contributed by atoms with Gasteiger partial charge in [0, 0.05) is 11.0 Å². The summed E-state index contributed by atoms with van der Waals surface area (Å²) >= 11 is 0. The van der Waals surface area contributed by atoms with Gasteiger partial charge in [0.2, 0.25) is 0 Å². The predicted molar refractivity (Wildman–Crippen MR) is 88.7 cm³/mol. The monoisotopic (exact) mass is 332 g/mol. The van der Waals surface area contributed by atoms with E-state index in [0.29, 0.717) is 10.5 Å². The van der Waals surface area contributed by atoms with Crippen molar-refractivity contribution in [2.24, 2.45) is 0 Å². The number of rotatable bonds is 4. The quantitative estimate of drug-likeness (QED) is 0.823. The lowest BCUT2D eigenvalue weighted by Gasteiger charge is -2.26. The molecule has 2 N–H and O–H groups in total. The van der Waals surface area contributed by atoms with E-state index in [1.807, 2.05) is 30.3 Å². The standard InChI is InChI=1S/C17H16O5S/c1-21-16-13-9-10-23(19,20)15(13)8-7-14(16)17(18)22-11-12-5-3-2-4-6-12/h2-10,19-20H,11H2,1H3. The van der Waals surface area contributed by atoms with Gasteiger partial charge in [0.05, 0.1) is 12.0 Å². The lowest BCUT2D eigenvalue weighted by Crippen LogP contribution is -2.08. The number of ether oxygens (including phenoxy) is 2. The Labute approximate surface area is 135 Å². The molecule has 0 fully saturated rings. The number of carbonyl (C=O) groups excluding carboxylic acids is 1. The van der Waals surface area contributed by atoms with Crippen LogP contribution in [0.2, 0.25) is 0 Å². The van der Waals surface area contributed by atoms with E-state index in [1.165, 1.54) is 24.7 Å². The molecular weight excluding hydrogens is 316 g/mol. The molecular formula is C17H16O5S.